The highest BCUT2D eigenvalue weighted by Gasteiger charge is 2.22. The van der Waals surface area contributed by atoms with Crippen molar-refractivity contribution in [2.75, 3.05) is 22.6 Å². The number of benzene rings is 1. The van der Waals surface area contributed by atoms with Crippen LogP contribution in [0.25, 0.3) is 0 Å². The quantitative estimate of drug-likeness (QED) is 0.743. The van der Waals surface area contributed by atoms with Gasteiger partial charge >= 0.3 is 0 Å². The Bertz CT molecular complexity index is 640. The molecular weight excluding hydrogens is 336 g/mol. The second kappa shape index (κ2) is 7.34. The van der Waals surface area contributed by atoms with Crippen molar-refractivity contribution >= 4 is 51.6 Å². The molecule has 2 aromatic rings. The SMILES string of the molecule is CSc1ccc(NC(=O)CSc2nnc(NC3CC3)s2)cc1. The topological polar surface area (TPSA) is 66.9 Å². The van der Waals surface area contributed by atoms with E-state index in [1.165, 1.54) is 40.8 Å². The molecule has 0 spiro atoms. The first kappa shape index (κ1) is 15.6. The van der Waals surface area contributed by atoms with Crippen LogP contribution >= 0.6 is 34.9 Å². The fourth-order valence-electron chi connectivity index (χ4n) is 1.73. The maximum Gasteiger partial charge on any atom is 0.234 e. The van der Waals surface area contributed by atoms with Gasteiger partial charge in [0.05, 0.1) is 5.75 Å². The Morgan fingerprint density at radius 2 is 2.09 bits per heavy atom. The summed E-state index contributed by atoms with van der Waals surface area (Å²) in [6.45, 7) is 0. The molecular formula is C14H16N4OS3. The molecule has 116 valence electrons. The first-order chi connectivity index (χ1) is 10.7. The molecule has 0 saturated heterocycles. The van der Waals surface area contributed by atoms with E-state index in [4.69, 9.17) is 0 Å². The van der Waals surface area contributed by atoms with Gasteiger partial charge in [0.15, 0.2) is 4.34 Å². The molecule has 1 saturated carbocycles. The van der Waals surface area contributed by atoms with Crippen LogP contribution in [0.4, 0.5) is 10.8 Å². The van der Waals surface area contributed by atoms with Gasteiger partial charge in [-0.05, 0) is 43.4 Å². The zero-order chi connectivity index (χ0) is 15.4. The molecule has 5 nitrogen and oxygen atoms in total. The average molecular weight is 353 g/mol. The van der Waals surface area contributed by atoms with Crippen molar-refractivity contribution in [1.29, 1.82) is 0 Å². The van der Waals surface area contributed by atoms with E-state index in [0.717, 1.165) is 15.2 Å². The van der Waals surface area contributed by atoms with E-state index in [9.17, 15) is 4.79 Å². The van der Waals surface area contributed by atoms with E-state index in [2.05, 4.69) is 20.8 Å². The summed E-state index contributed by atoms with van der Waals surface area (Å²) < 4.78 is 0.816. The molecule has 1 aliphatic rings. The van der Waals surface area contributed by atoms with Crippen LogP contribution in [0.15, 0.2) is 33.5 Å². The van der Waals surface area contributed by atoms with Gasteiger partial charge in [0.25, 0.3) is 0 Å². The Balaban J connectivity index is 1.45. The van der Waals surface area contributed by atoms with Crippen LogP contribution in [0.2, 0.25) is 0 Å². The minimum absolute atomic E-state index is 0.0335. The lowest BCUT2D eigenvalue weighted by Gasteiger charge is -2.04. The average Bonchev–Trinajstić information content (AvgIpc) is 3.23. The molecule has 0 unspecified atom stereocenters. The van der Waals surface area contributed by atoms with Crippen LogP contribution in [-0.2, 0) is 4.79 Å². The summed E-state index contributed by atoms with van der Waals surface area (Å²) in [6, 6.07) is 8.38. The summed E-state index contributed by atoms with van der Waals surface area (Å²) in [5.74, 6) is 0.302. The highest BCUT2D eigenvalue weighted by Crippen LogP contribution is 2.30. The van der Waals surface area contributed by atoms with Crippen molar-refractivity contribution in [1.82, 2.24) is 10.2 Å². The Labute approximate surface area is 141 Å². The summed E-state index contributed by atoms with van der Waals surface area (Å²) in [5, 5.41) is 15.2. The number of amides is 1. The van der Waals surface area contributed by atoms with Gasteiger partial charge < -0.3 is 10.6 Å². The largest absolute Gasteiger partial charge is 0.357 e. The molecule has 1 amide bonds. The Kier molecular flexibility index (Phi) is 5.22. The van der Waals surface area contributed by atoms with Gasteiger partial charge in [-0.15, -0.1) is 22.0 Å². The second-order valence-electron chi connectivity index (χ2n) is 4.86. The molecule has 0 radical (unpaired) electrons. The van der Waals surface area contributed by atoms with Gasteiger partial charge in [0.1, 0.15) is 0 Å². The predicted octanol–water partition coefficient (Wildman–Crippen LogP) is 3.57. The number of aromatic nitrogens is 2. The van der Waals surface area contributed by atoms with E-state index in [0.29, 0.717) is 11.8 Å². The molecule has 1 aromatic heterocycles. The third-order valence-corrected chi connectivity index (χ3v) is 5.74. The van der Waals surface area contributed by atoms with Crippen LogP contribution in [0.3, 0.4) is 0 Å². The molecule has 22 heavy (non-hydrogen) atoms. The van der Waals surface area contributed by atoms with Gasteiger partial charge in [-0.2, -0.15) is 0 Å². The molecule has 8 heteroatoms. The van der Waals surface area contributed by atoms with Crippen molar-refractivity contribution in [3.8, 4) is 0 Å². The van der Waals surface area contributed by atoms with Gasteiger partial charge in [-0.3, -0.25) is 4.79 Å². The minimum atomic E-state index is -0.0335. The number of carbonyl (C=O) groups excluding carboxylic acids is 1. The third kappa shape index (κ3) is 4.62. The number of nitrogens with zero attached hydrogens (tertiary/aromatic N) is 2. The van der Waals surface area contributed by atoms with E-state index >= 15 is 0 Å². The predicted molar refractivity (Wildman–Crippen MR) is 94.1 cm³/mol. The second-order valence-corrected chi connectivity index (χ2v) is 7.94. The molecule has 1 fully saturated rings. The highest BCUT2D eigenvalue weighted by molar-refractivity contribution is 8.01. The fourth-order valence-corrected chi connectivity index (χ4v) is 3.76. The van der Waals surface area contributed by atoms with Crippen molar-refractivity contribution in [2.45, 2.75) is 28.1 Å². The lowest BCUT2D eigenvalue weighted by atomic mass is 10.3. The smallest absolute Gasteiger partial charge is 0.234 e. The van der Waals surface area contributed by atoms with Crippen molar-refractivity contribution in [3.05, 3.63) is 24.3 Å². The molecule has 0 aliphatic heterocycles. The summed E-state index contributed by atoms with van der Waals surface area (Å²) in [4.78, 5) is 13.1. The van der Waals surface area contributed by atoms with Crippen LogP contribution < -0.4 is 10.6 Å². The highest BCUT2D eigenvalue weighted by atomic mass is 32.2. The first-order valence-corrected chi connectivity index (χ1v) is 9.92. The van der Waals surface area contributed by atoms with E-state index in [1.807, 2.05) is 30.5 Å². The lowest BCUT2D eigenvalue weighted by Crippen LogP contribution is -2.13. The summed E-state index contributed by atoms with van der Waals surface area (Å²) in [6.07, 6.45) is 4.44. The zero-order valence-electron chi connectivity index (χ0n) is 12.0. The number of hydrogen-bond acceptors (Lipinski definition) is 7. The standard InChI is InChI=1S/C14H16N4OS3/c1-20-11-6-4-9(5-7-11)15-12(19)8-21-14-18-17-13(22-14)16-10-2-3-10/h4-7,10H,2-3,8H2,1H3,(H,15,19)(H,16,17). The van der Waals surface area contributed by atoms with Crippen LogP contribution in [0.5, 0.6) is 0 Å². The van der Waals surface area contributed by atoms with Crippen LogP contribution in [-0.4, -0.2) is 34.2 Å². The lowest BCUT2D eigenvalue weighted by molar-refractivity contribution is -0.113. The summed E-state index contributed by atoms with van der Waals surface area (Å²) in [7, 11) is 0. The monoisotopic (exact) mass is 352 g/mol. The Hall–Kier alpha value is -1.25. The zero-order valence-corrected chi connectivity index (χ0v) is 14.5. The van der Waals surface area contributed by atoms with Crippen molar-refractivity contribution in [2.24, 2.45) is 0 Å². The molecule has 2 N–H and O–H groups in total. The van der Waals surface area contributed by atoms with Gasteiger partial charge in [-0.1, -0.05) is 23.1 Å². The minimum Gasteiger partial charge on any atom is -0.357 e. The maximum absolute atomic E-state index is 11.9. The molecule has 0 bridgehead atoms. The summed E-state index contributed by atoms with van der Waals surface area (Å²) >= 11 is 4.59. The summed E-state index contributed by atoms with van der Waals surface area (Å²) in [5.41, 5.74) is 0.816. The molecule has 3 rings (SSSR count). The van der Waals surface area contributed by atoms with E-state index < -0.39 is 0 Å². The number of nitrogens with one attached hydrogen (secondary N) is 2. The first-order valence-electron chi connectivity index (χ1n) is 6.89. The number of thioether (sulfide) groups is 2. The molecule has 1 aliphatic carbocycles. The van der Waals surface area contributed by atoms with Crippen molar-refractivity contribution < 1.29 is 4.79 Å². The Morgan fingerprint density at radius 1 is 1.32 bits per heavy atom. The normalized spacial score (nSPS) is 13.9. The maximum atomic E-state index is 11.9. The molecule has 0 atom stereocenters. The van der Waals surface area contributed by atoms with Crippen LogP contribution in [0.1, 0.15) is 12.8 Å². The van der Waals surface area contributed by atoms with E-state index in [1.54, 1.807) is 11.8 Å². The number of hydrogen-bond donors (Lipinski definition) is 2. The van der Waals surface area contributed by atoms with Crippen molar-refractivity contribution in [3.63, 3.8) is 0 Å². The van der Waals surface area contributed by atoms with Gasteiger partial charge in [0, 0.05) is 16.6 Å². The fraction of sp³-hybridized carbons (Fsp3) is 0.357. The number of carbonyl (C=O) groups is 1. The third-order valence-electron chi connectivity index (χ3n) is 3.01. The van der Waals surface area contributed by atoms with Gasteiger partial charge in [-0.25, -0.2) is 0 Å². The molecule has 1 heterocycles. The molecule has 1 aromatic carbocycles. The number of anilines is 2. The Morgan fingerprint density at radius 3 is 2.77 bits per heavy atom. The number of rotatable bonds is 7. The van der Waals surface area contributed by atoms with Gasteiger partial charge in [0.2, 0.25) is 11.0 Å². The van der Waals surface area contributed by atoms with Crippen LogP contribution in [0, 0.1) is 0 Å². The van der Waals surface area contributed by atoms with E-state index in [-0.39, 0.29) is 5.91 Å².